The monoisotopic (exact) mass is 391 g/mol. The second-order valence-corrected chi connectivity index (χ2v) is 7.50. The summed E-state index contributed by atoms with van der Waals surface area (Å²) in [5.74, 6) is -0.0975. The van der Waals surface area contributed by atoms with Crippen molar-refractivity contribution in [2.45, 2.75) is 17.1 Å². The predicted octanol–water partition coefficient (Wildman–Crippen LogP) is 5.45. The molecule has 3 N–H and O–H groups in total. The number of benzene rings is 3. The maximum atomic E-state index is 12.5. The molecule has 0 saturated heterocycles. The molecule has 0 aliphatic heterocycles. The molecule has 1 unspecified atom stereocenters. The van der Waals surface area contributed by atoms with Crippen molar-refractivity contribution in [2.24, 2.45) is 0 Å². The Kier molecular flexibility index (Phi) is 6.70. The lowest BCUT2D eigenvalue weighted by atomic mass is 10.2. The molecule has 0 spiro atoms. The second kappa shape index (κ2) is 9.62. The highest BCUT2D eigenvalue weighted by Crippen LogP contribution is 2.24. The lowest BCUT2D eigenvalue weighted by Crippen LogP contribution is -2.22. The Bertz CT molecular complexity index is 933. The van der Waals surface area contributed by atoms with E-state index in [9.17, 15) is 9.59 Å². The van der Waals surface area contributed by atoms with E-state index in [1.54, 1.807) is 24.3 Å². The summed E-state index contributed by atoms with van der Waals surface area (Å²) >= 11 is 1.50. The van der Waals surface area contributed by atoms with E-state index in [1.807, 2.05) is 67.6 Å². The summed E-state index contributed by atoms with van der Waals surface area (Å²) in [5.41, 5.74) is 1.92. The smallest absolute Gasteiger partial charge is 0.323 e. The Morgan fingerprint density at radius 1 is 0.714 bits per heavy atom. The molecule has 1 atom stereocenters. The van der Waals surface area contributed by atoms with E-state index in [0.29, 0.717) is 17.1 Å². The molecule has 0 heterocycles. The molecule has 6 heteroatoms. The van der Waals surface area contributed by atoms with Gasteiger partial charge >= 0.3 is 6.03 Å². The van der Waals surface area contributed by atoms with Crippen LogP contribution in [-0.2, 0) is 4.79 Å². The van der Waals surface area contributed by atoms with Gasteiger partial charge in [0.15, 0.2) is 0 Å². The third-order valence-corrected chi connectivity index (χ3v) is 4.96. The van der Waals surface area contributed by atoms with Crippen LogP contribution in [0.25, 0.3) is 0 Å². The molecule has 0 aliphatic rings. The maximum absolute atomic E-state index is 12.5. The number of urea groups is 1. The van der Waals surface area contributed by atoms with Crippen molar-refractivity contribution in [3.05, 3.63) is 84.9 Å². The predicted molar refractivity (Wildman–Crippen MR) is 116 cm³/mol. The number of amides is 3. The molecule has 0 radical (unpaired) electrons. The van der Waals surface area contributed by atoms with Crippen molar-refractivity contribution < 1.29 is 9.59 Å². The van der Waals surface area contributed by atoms with Gasteiger partial charge in [0.2, 0.25) is 5.91 Å². The van der Waals surface area contributed by atoms with Crippen LogP contribution in [-0.4, -0.2) is 17.2 Å². The number of anilines is 3. The van der Waals surface area contributed by atoms with Crippen LogP contribution in [0, 0.1) is 0 Å². The number of carbonyl (C=O) groups excluding carboxylic acids is 2. The summed E-state index contributed by atoms with van der Waals surface area (Å²) in [5, 5.41) is 8.17. The van der Waals surface area contributed by atoms with Crippen molar-refractivity contribution in [2.75, 3.05) is 16.0 Å². The molecule has 0 aromatic heterocycles. The van der Waals surface area contributed by atoms with Crippen LogP contribution in [0.1, 0.15) is 6.92 Å². The fourth-order valence-electron chi connectivity index (χ4n) is 2.49. The maximum Gasteiger partial charge on any atom is 0.323 e. The van der Waals surface area contributed by atoms with Gasteiger partial charge in [0, 0.05) is 22.0 Å². The fraction of sp³-hybridized carbons (Fsp3) is 0.0909. The minimum Gasteiger partial charge on any atom is -0.325 e. The van der Waals surface area contributed by atoms with Gasteiger partial charge in [-0.25, -0.2) is 4.79 Å². The quantitative estimate of drug-likeness (QED) is 0.489. The summed E-state index contributed by atoms with van der Waals surface area (Å²) in [6.07, 6.45) is 0. The highest BCUT2D eigenvalue weighted by atomic mass is 32.2. The molecule has 0 fully saturated rings. The number of hydrogen-bond donors (Lipinski definition) is 3. The Morgan fingerprint density at radius 2 is 1.25 bits per heavy atom. The lowest BCUT2D eigenvalue weighted by molar-refractivity contribution is -0.115. The molecule has 0 aliphatic carbocycles. The molecular formula is C22H21N3O2S. The standard InChI is InChI=1S/C22H21N3O2S/c1-16(28-20-13-6-3-7-14-20)21(26)23-18-11-8-12-19(15-18)25-22(27)24-17-9-4-2-5-10-17/h2-16H,1H3,(H,23,26)(H2,24,25,27). The van der Waals surface area contributed by atoms with Gasteiger partial charge in [0.25, 0.3) is 0 Å². The zero-order valence-electron chi connectivity index (χ0n) is 15.4. The van der Waals surface area contributed by atoms with Crippen LogP contribution in [0.15, 0.2) is 89.8 Å². The molecular weight excluding hydrogens is 370 g/mol. The molecule has 5 nitrogen and oxygen atoms in total. The lowest BCUT2D eigenvalue weighted by Gasteiger charge is -2.13. The number of hydrogen-bond acceptors (Lipinski definition) is 3. The molecule has 3 rings (SSSR count). The van der Waals surface area contributed by atoms with Crippen LogP contribution in [0.4, 0.5) is 21.9 Å². The average molecular weight is 391 g/mol. The Balaban J connectivity index is 1.56. The summed E-state index contributed by atoms with van der Waals surface area (Å²) in [6.45, 7) is 1.86. The normalized spacial score (nSPS) is 11.3. The number of para-hydroxylation sites is 1. The van der Waals surface area contributed by atoms with Crippen molar-refractivity contribution in [3.63, 3.8) is 0 Å². The molecule has 142 valence electrons. The van der Waals surface area contributed by atoms with E-state index in [2.05, 4.69) is 16.0 Å². The van der Waals surface area contributed by atoms with Crippen LogP contribution >= 0.6 is 11.8 Å². The second-order valence-electron chi connectivity index (χ2n) is 6.09. The number of thioether (sulfide) groups is 1. The first-order valence-corrected chi connectivity index (χ1v) is 9.74. The van der Waals surface area contributed by atoms with E-state index in [1.165, 1.54) is 11.8 Å². The first-order chi connectivity index (χ1) is 13.6. The van der Waals surface area contributed by atoms with Crippen molar-refractivity contribution in [1.29, 1.82) is 0 Å². The van der Waals surface area contributed by atoms with Gasteiger partial charge in [0.05, 0.1) is 5.25 Å². The summed E-state index contributed by atoms with van der Waals surface area (Å²) in [6, 6.07) is 25.7. The highest BCUT2D eigenvalue weighted by Gasteiger charge is 2.14. The van der Waals surface area contributed by atoms with E-state index in [-0.39, 0.29) is 17.2 Å². The third-order valence-electron chi connectivity index (χ3n) is 3.84. The topological polar surface area (TPSA) is 70.2 Å². The summed E-state index contributed by atoms with van der Waals surface area (Å²) in [4.78, 5) is 25.6. The van der Waals surface area contributed by atoms with Crippen molar-refractivity contribution >= 4 is 40.8 Å². The molecule has 0 bridgehead atoms. The van der Waals surface area contributed by atoms with Gasteiger partial charge in [-0.2, -0.15) is 0 Å². The zero-order chi connectivity index (χ0) is 19.8. The van der Waals surface area contributed by atoms with Gasteiger partial charge in [-0.1, -0.05) is 42.5 Å². The summed E-state index contributed by atoms with van der Waals surface area (Å²) in [7, 11) is 0. The van der Waals surface area contributed by atoms with Gasteiger partial charge < -0.3 is 16.0 Å². The van der Waals surface area contributed by atoms with Gasteiger partial charge in [-0.15, -0.1) is 11.8 Å². The van der Waals surface area contributed by atoms with E-state index < -0.39 is 0 Å². The molecule has 28 heavy (non-hydrogen) atoms. The first kappa shape index (κ1) is 19.5. The first-order valence-electron chi connectivity index (χ1n) is 8.86. The van der Waals surface area contributed by atoms with Crippen LogP contribution in [0.2, 0.25) is 0 Å². The van der Waals surface area contributed by atoms with Gasteiger partial charge in [-0.3, -0.25) is 4.79 Å². The fourth-order valence-corrected chi connectivity index (χ4v) is 3.38. The van der Waals surface area contributed by atoms with Crippen LogP contribution in [0.3, 0.4) is 0 Å². The van der Waals surface area contributed by atoms with Crippen molar-refractivity contribution in [1.82, 2.24) is 0 Å². The van der Waals surface area contributed by atoms with Crippen LogP contribution in [0.5, 0.6) is 0 Å². The van der Waals surface area contributed by atoms with Crippen molar-refractivity contribution in [3.8, 4) is 0 Å². The zero-order valence-corrected chi connectivity index (χ0v) is 16.2. The Morgan fingerprint density at radius 3 is 1.93 bits per heavy atom. The van der Waals surface area contributed by atoms with Gasteiger partial charge in [-0.05, 0) is 49.4 Å². The summed E-state index contributed by atoms with van der Waals surface area (Å²) < 4.78 is 0. The largest absolute Gasteiger partial charge is 0.325 e. The van der Waals surface area contributed by atoms with Gasteiger partial charge in [0.1, 0.15) is 0 Å². The molecule has 3 amide bonds. The number of carbonyl (C=O) groups is 2. The molecule has 3 aromatic rings. The Hall–Kier alpha value is -3.25. The Labute approximate surface area is 168 Å². The van der Waals surface area contributed by atoms with Crippen LogP contribution < -0.4 is 16.0 Å². The van der Waals surface area contributed by atoms with E-state index in [0.717, 1.165) is 4.90 Å². The average Bonchev–Trinajstić information content (AvgIpc) is 2.69. The van der Waals surface area contributed by atoms with E-state index in [4.69, 9.17) is 0 Å². The minimum absolute atomic E-state index is 0.0975. The molecule has 0 saturated carbocycles. The molecule has 3 aromatic carbocycles. The van der Waals surface area contributed by atoms with E-state index >= 15 is 0 Å². The SMILES string of the molecule is CC(Sc1ccccc1)C(=O)Nc1cccc(NC(=O)Nc2ccccc2)c1. The highest BCUT2D eigenvalue weighted by molar-refractivity contribution is 8.00. The number of nitrogens with one attached hydrogen (secondary N) is 3. The third kappa shape index (κ3) is 5.89. The minimum atomic E-state index is -0.345. The number of rotatable bonds is 6.